The van der Waals surface area contributed by atoms with Gasteiger partial charge in [0, 0.05) is 10.2 Å². The first-order valence-corrected chi connectivity index (χ1v) is 7.87. The van der Waals surface area contributed by atoms with Crippen molar-refractivity contribution in [2.24, 2.45) is 0 Å². The lowest BCUT2D eigenvalue weighted by molar-refractivity contribution is 0.647. The highest BCUT2D eigenvalue weighted by molar-refractivity contribution is 9.09. The molecule has 1 aliphatic rings. The maximum atomic E-state index is 3.95. The van der Waals surface area contributed by atoms with Crippen molar-refractivity contribution in [1.82, 2.24) is 0 Å². The van der Waals surface area contributed by atoms with E-state index in [4.69, 9.17) is 0 Å². The highest BCUT2D eigenvalue weighted by atomic mass is 79.9. The first-order chi connectivity index (χ1) is 9.21. The van der Waals surface area contributed by atoms with E-state index in [1.165, 1.54) is 29.5 Å². The van der Waals surface area contributed by atoms with Crippen molar-refractivity contribution in [2.45, 2.75) is 36.4 Å². The van der Waals surface area contributed by atoms with Crippen LogP contribution < -0.4 is 0 Å². The molecule has 0 amide bonds. The number of halogens is 1. The van der Waals surface area contributed by atoms with Gasteiger partial charge < -0.3 is 0 Å². The van der Waals surface area contributed by atoms with Crippen molar-refractivity contribution in [2.75, 3.05) is 0 Å². The zero-order chi connectivity index (χ0) is 13.3. The maximum Gasteiger partial charge on any atom is 0.0283 e. The predicted molar refractivity (Wildman–Crippen MR) is 85.0 cm³/mol. The number of hydrogen-bond donors (Lipinski definition) is 0. The van der Waals surface area contributed by atoms with E-state index in [0.717, 1.165) is 6.42 Å². The fourth-order valence-corrected chi connectivity index (χ4v) is 3.91. The Bertz CT molecular complexity index is 538. The molecule has 1 heteroatoms. The summed E-state index contributed by atoms with van der Waals surface area (Å²) in [5.41, 5.74) is 4.62. The second-order valence-electron chi connectivity index (χ2n) is 5.68. The van der Waals surface area contributed by atoms with Crippen LogP contribution in [0.4, 0.5) is 0 Å². The molecule has 0 aliphatic heterocycles. The molecule has 0 N–H and O–H groups in total. The number of aryl methyl sites for hydroxylation is 1. The summed E-state index contributed by atoms with van der Waals surface area (Å²) in [6.07, 6.45) is 3.72. The van der Waals surface area contributed by atoms with Crippen LogP contribution in [0.25, 0.3) is 0 Å². The quantitative estimate of drug-likeness (QED) is 0.694. The van der Waals surface area contributed by atoms with E-state index in [2.05, 4.69) is 77.5 Å². The van der Waals surface area contributed by atoms with Crippen LogP contribution in [-0.2, 0) is 11.8 Å². The van der Waals surface area contributed by atoms with E-state index in [-0.39, 0.29) is 0 Å². The first kappa shape index (κ1) is 12.9. The van der Waals surface area contributed by atoms with Gasteiger partial charge in [0.05, 0.1) is 0 Å². The molecule has 0 aromatic heterocycles. The summed E-state index contributed by atoms with van der Waals surface area (Å²) in [6, 6.07) is 19.9. The Morgan fingerprint density at radius 3 is 2.21 bits per heavy atom. The van der Waals surface area contributed by atoms with Crippen LogP contribution in [0.3, 0.4) is 0 Å². The third kappa shape index (κ3) is 2.62. The van der Waals surface area contributed by atoms with Gasteiger partial charge in [-0.15, -0.1) is 0 Å². The summed E-state index contributed by atoms with van der Waals surface area (Å²) < 4.78 is 0. The van der Waals surface area contributed by atoms with E-state index >= 15 is 0 Å². The molecule has 19 heavy (non-hydrogen) atoms. The molecule has 0 radical (unpaired) electrons. The molecular weight excluding hydrogens is 296 g/mol. The van der Waals surface area contributed by atoms with Crippen LogP contribution in [0.2, 0.25) is 0 Å². The summed E-state index contributed by atoms with van der Waals surface area (Å²) in [7, 11) is 0. The Morgan fingerprint density at radius 2 is 1.63 bits per heavy atom. The zero-order valence-electron chi connectivity index (χ0n) is 11.3. The summed E-state index contributed by atoms with van der Waals surface area (Å²) in [5.74, 6) is 0. The third-order valence-electron chi connectivity index (χ3n) is 4.27. The van der Waals surface area contributed by atoms with Crippen LogP contribution in [0.15, 0.2) is 54.6 Å². The molecule has 0 heterocycles. The summed E-state index contributed by atoms with van der Waals surface area (Å²) in [5, 5.41) is 0. The first-order valence-electron chi connectivity index (χ1n) is 6.96. The minimum absolute atomic E-state index is 0.367. The lowest BCUT2D eigenvalue weighted by atomic mass is 9.89. The normalized spacial score (nSPS) is 18.0. The number of alkyl halides is 1. The average molecular weight is 315 g/mol. The van der Waals surface area contributed by atoms with Gasteiger partial charge in [-0.05, 0) is 37.3 Å². The number of rotatable bonds is 4. The lowest BCUT2D eigenvalue weighted by Crippen LogP contribution is -2.22. The zero-order valence-corrected chi connectivity index (χ0v) is 12.9. The molecule has 1 saturated carbocycles. The van der Waals surface area contributed by atoms with Crippen molar-refractivity contribution in [3.05, 3.63) is 71.3 Å². The molecule has 3 rings (SSSR count). The van der Waals surface area contributed by atoms with E-state index < -0.39 is 0 Å². The van der Waals surface area contributed by atoms with Crippen LogP contribution in [0, 0.1) is 6.92 Å². The molecular formula is C18H19Br. The fraction of sp³-hybridized carbons (Fsp3) is 0.333. The van der Waals surface area contributed by atoms with E-state index in [9.17, 15) is 0 Å². The minimum Gasteiger partial charge on any atom is -0.0877 e. The smallest absolute Gasteiger partial charge is 0.0283 e. The van der Waals surface area contributed by atoms with Crippen LogP contribution in [-0.4, -0.2) is 4.83 Å². The molecule has 0 bridgehead atoms. The Kier molecular flexibility index (Phi) is 3.49. The van der Waals surface area contributed by atoms with Gasteiger partial charge in [-0.2, -0.15) is 0 Å². The van der Waals surface area contributed by atoms with Crippen LogP contribution >= 0.6 is 15.9 Å². The van der Waals surface area contributed by atoms with Crippen LogP contribution in [0.1, 0.15) is 29.5 Å². The highest BCUT2D eigenvalue weighted by Gasteiger charge is 2.49. The minimum atomic E-state index is 0.367. The molecule has 1 aliphatic carbocycles. The molecule has 1 unspecified atom stereocenters. The molecule has 0 nitrogen and oxygen atoms in total. The molecule has 1 atom stereocenters. The Hall–Kier alpha value is -1.08. The van der Waals surface area contributed by atoms with Gasteiger partial charge in [-0.1, -0.05) is 76.1 Å². The second-order valence-corrected chi connectivity index (χ2v) is 6.78. The highest BCUT2D eigenvalue weighted by Crippen LogP contribution is 2.54. The number of hydrogen-bond acceptors (Lipinski definition) is 0. The molecule has 2 aromatic rings. The molecule has 0 saturated heterocycles. The summed E-state index contributed by atoms with van der Waals surface area (Å²) in [6.45, 7) is 2.14. The monoisotopic (exact) mass is 314 g/mol. The van der Waals surface area contributed by atoms with Crippen molar-refractivity contribution in [3.63, 3.8) is 0 Å². The van der Waals surface area contributed by atoms with Crippen molar-refractivity contribution < 1.29 is 0 Å². The van der Waals surface area contributed by atoms with Crippen molar-refractivity contribution >= 4 is 15.9 Å². The largest absolute Gasteiger partial charge is 0.0877 e. The van der Waals surface area contributed by atoms with E-state index in [1.54, 1.807) is 0 Å². The molecule has 98 valence electrons. The Morgan fingerprint density at radius 1 is 1.00 bits per heavy atom. The lowest BCUT2D eigenvalue weighted by Gasteiger charge is -2.22. The van der Waals surface area contributed by atoms with Gasteiger partial charge in [-0.3, -0.25) is 0 Å². The van der Waals surface area contributed by atoms with Gasteiger partial charge in [0.25, 0.3) is 0 Å². The average Bonchev–Trinajstić information content (AvgIpc) is 3.24. The third-order valence-corrected chi connectivity index (χ3v) is 5.47. The number of benzene rings is 2. The van der Waals surface area contributed by atoms with Gasteiger partial charge in [0.2, 0.25) is 0 Å². The van der Waals surface area contributed by atoms with Gasteiger partial charge in [0.1, 0.15) is 0 Å². The standard InChI is InChI=1S/C18H19Br/c1-14-7-9-15(10-8-14)13-17(19)18(11-12-18)16-5-3-2-4-6-16/h2-10,17H,11-13H2,1H3. The molecule has 1 fully saturated rings. The molecule has 2 aromatic carbocycles. The van der Waals surface area contributed by atoms with E-state index in [1.807, 2.05) is 0 Å². The SMILES string of the molecule is Cc1ccc(CC(Br)C2(c3ccccc3)CC2)cc1. The fourth-order valence-electron chi connectivity index (χ4n) is 2.81. The Labute approximate surface area is 124 Å². The van der Waals surface area contributed by atoms with Crippen molar-refractivity contribution in [1.29, 1.82) is 0 Å². The van der Waals surface area contributed by atoms with E-state index in [0.29, 0.717) is 10.2 Å². The summed E-state index contributed by atoms with van der Waals surface area (Å²) >= 11 is 3.95. The van der Waals surface area contributed by atoms with Gasteiger partial charge in [0.15, 0.2) is 0 Å². The Balaban J connectivity index is 1.77. The molecule has 0 spiro atoms. The van der Waals surface area contributed by atoms with Crippen molar-refractivity contribution in [3.8, 4) is 0 Å². The second kappa shape index (κ2) is 5.13. The topological polar surface area (TPSA) is 0 Å². The predicted octanol–water partition coefficient (Wildman–Crippen LogP) is 5.03. The van der Waals surface area contributed by atoms with Gasteiger partial charge in [-0.25, -0.2) is 0 Å². The van der Waals surface area contributed by atoms with Crippen LogP contribution in [0.5, 0.6) is 0 Å². The summed E-state index contributed by atoms with van der Waals surface area (Å²) in [4.78, 5) is 0.533. The maximum absolute atomic E-state index is 3.95. The van der Waals surface area contributed by atoms with Gasteiger partial charge >= 0.3 is 0 Å².